The Morgan fingerprint density at radius 3 is 2.19 bits per heavy atom. The lowest BCUT2D eigenvalue weighted by Crippen LogP contribution is -2.45. The van der Waals surface area contributed by atoms with E-state index in [0.29, 0.717) is 20.6 Å². The number of amides is 1. The Morgan fingerprint density at radius 2 is 1.59 bits per heavy atom. The van der Waals surface area contributed by atoms with Crippen LogP contribution in [0.15, 0.2) is 42.5 Å². The molecule has 2 aromatic carbocycles. The molecule has 0 spiro atoms. The highest BCUT2D eigenvalue weighted by Gasteiger charge is 2.29. The van der Waals surface area contributed by atoms with Crippen molar-refractivity contribution in [3.8, 4) is 0 Å². The highest BCUT2D eigenvalue weighted by molar-refractivity contribution is 6.36. The van der Waals surface area contributed by atoms with Gasteiger partial charge in [-0.2, -0.15) is 0 Å². The minimum absolute atomic E-state index is 0.0204. The van der Waals surface area contributed by atoms with E-state index < -0.39 is 12.0 Å². The molecule has 0 aliphatic carbocycles. The van der Waals surface area contributed by atoms with Crippen molar-refractivity contribution in [3.63, 3.8) is 0 Å². The summed E-state index contributed by atoms with van der Waals surface area (Å²) >= 11 is 18.5. The zero-order chi connectivity index (χ0) is 20.0. The van der Waals surface area contributed by atoms with Gasteiger partial charge in [0.25, 0.3) is 0 Å². The fourth-order valence-electron chi connectivity index (χ4n) is 2.64. The van der Waals surface area contributed by atoms with Gasteiger partial charge in [0.1, 0.15) is 6.04 Å². The molecule has 0 aliphatic heterocycles. The third-order valence-corrected chi connectivity index (χ3v) is 5.26. The van der Waals surface area contributed by atoms with E-state index in [1.165, 1.54) is 4.90 Å². The predicted molar refractivity (Wildman–Crippen MR) is 109 cm³/mol. The van der Waals surface area contributed by atoms with Crippen LogP contribution in [0.25, 0.3) is 0 Å². The number of ether oxygens (including phenoxy) is 1. The third-order valence-electron chi connectivity index (χ3n) is 4.18. The number of benzene rings is 2. The quantitative estimate of drug-likeness (QED) is 0.594. The molecule has 0 aliphatic rings. The molecule has 0 bridgehead atoms. The lowest BCUT2D eigenvalue weighted by molar-refractivity contribution is -0.153. The second-order valence-electron chi connectivity index (χ2n) is 5.95. The van der Waals surface area contributed by atoms with Crippen LogP contribution in [0.3, 0.4) is 0 Å². The summed E-state index contributed by atoms with van der Waals surface area (Å²) in [5.41, 5.74) is 1.28. The van der Waals surface area contributed by atoms with Crippen LogP contribution in [-0.2, 0) is 27.2 Å². The monoisotopic (exact) mass is 427 g/mol. The number of halogens is 3. The van der Waals surface area contributed by atoms with Gasteiger partial charge in [0, 0.05) is 28.5 Å². The molecule has 0 saturated carbocycles. The van der Waals surface area contributed by atoms with Gasteiger partial charge in [0.15, 0.2) is 0 Å². The minimum atomic E-state index is -0.807. The molecular weight excluding hydrogens is 409 g/mol. The first-order valence-electron chi connectivity index (χ1n) is 8.43. The van der Waals surface area contributed by atoms with Gasteiger partial charge in [-0.3, -0.25) is 4.79 Å². The third kappa shape index (κ3) is 5.61. The molecule has 0 fully saturated rings. The van der Waals surface area contributed by atoms with Crippen LogP contribution in [0.1, 0.15) is 18.1 Å². The highest BCUT2D eigenvalue weighted by atomic mass is 35.5. The number of likely N-dealkylation sites (N-methyl/N-ethyl adjacent to an activating group) is 1. The fraction of sp³-hybridized carbons (Fsp3) is 0.300. The number of nitrogens with zero attached hydrogens (tertiary/aromatic N) is 1. The van der Waals surface area contributed by atoms with E-state index in [1.54, 1.807) is 44.3 Å². The van der Waals surface area contributed by atoms with Crippen LogP contribution >= 0.6 is 34.8 Å². The molecule has 0 saturated heterocycles. The molecule has 144 valence electrons. The number of hydrogen-bond acceptors (Lipinski definition) is 3. The maximum atomic E-state index is 12.8. The normalized spacial score (nSPS) is 11.7. The van der Waals surface area contributed by atoms with Crippen molar-refractivity contribution < 1.29 is 14.3 Å². The van der Waals surface area contributed by atoms with Gasteiger partial charge in [-0.05, 0) is 36.2 Å². The van der Waals surface area contributed by atoms with Crippen molar-refractivity contribution in [1.82, 2.24) is 4.90 Å². The van der Waals surface area contributed by atoms with Gasteiger partial charge in [0.05, 0.1) is 13.0 Å². The van der Waals surface area contributed by atoms with Crippen LogP contribution in [-0.4, -0.2) is 36.5 Å². The highest BCUT2D eigenvalue weighted by Crippen LogP contribution is 2.26. The lowest BCUT2D eigenvalue weighted by atomic mass is 10.0. The van der Waals surface area contributed by atoms with Gasteiger partial charge >= 0.3 is 5.97 Å². The van der Waals surface area contributed by atoms with E-state index in [9.17, 15) is 9.59 Å². The Kier molecular flexibility index (Phi) is 7.96. The summed E-state index contributed by atoms with van der Waals surface area (Å²) in [6.07, 6.45) is 0.227. The van der Waals surface area contributed by atoms with Crippen LogP contribution < -0.4 is 0 Å². The Labute approximate surface area is 174 Å². The number of carbonyl (C=O) groups excluding carboxylic acids is 2. The zero-order valence-electron chi connectivity index (χ0n) is 15.0. The van der Waals surface area contributed by atoms with E-state index in [2.05, 4.69) is 0 Å². The van der Waals surface area contributed by atoms with Crippen molar-refractivity contribution in [2.45, 2.75) is 25.8 Å². The van der Waals surface area contributed by atoms with Crippen molar-refractivity contribution in [3.05, 3.63) is 68.7 Å². The largest absolute Gasteiger partial charge is 0.464 e. The maximum Gasteiger partial charge on any atom is 0.329 e. The van der Waals surface area contributed by atoms with E-state index in [4.69, 9.17) is 39.5 Å². The average molecular weight is 429 g/mol. The summed E-state index contributed by atoms with van der Waals surface area (Å²) in [6.45, 7) is 1.94. The van der Waals surface area contributed by atoms with E-state index >= 15 is 0 Å². The summed E-state index contributed by atoms with van der Waals surface area (Å²) in [4.78, 5) is 26.7. The van der Waals surface area contributed by atoms with Gasteiger partial charge in [-0.1, -0.05) is 59.1 Å². The molecule has 27 heavy (non-hydrogen) atoms. The number of esters is 1. The molecule has 0 N–H and O–H groups in total. The minimum Gasteiger partial charge on any atom is -0.464 e. The smallest absolute Gasteiger partial charge is 0.329 e. The van der Waals surface area contributed by atoms with Gasteiger partial charge in [-0.15, -0.1) is 0 Å². The van der Waals surface area contributed by atoms with Gasteiger partial charge in [0.2, 0.25) is 5.91 Å². The maximum absolute atomic E-state index is 12.8. The average Bonchev–Trinajstić information content (AvgIpc) is 2.63. The zero-order valence-corrected chi connectivity index (χ0v) is 17.3. The predicted octanol–water partition coefficient (Wildman–Crippen LogP) is 4.82. The fourth-order valence-corrected chi connectivity index (χ4v) is 3.38. The summed E-state index contributed by atoms with van der Waals surface area (Å²) in [6, 6.07) is 11.4. The SMILES string of the molecule is CCOC(=O)C(Cc1ccccc1Cl)N(C)C(=O)Cc1c(Cl)cccc1Cl. The second kappa shape index (κ2) is 9.98. The molecule has 4 nitrogen and oxygen atoms in total. The molecule has 2 aromatic rings. The first-order valence-corrected chi connectivity index (χ1v) is 9.57. The Bertz CT molecular complexity index is 806. The summed E-state index contributed by atoms with van der Waals surface area (Å²) in [5, 5.41) is 1.34. The second-order valence-corrected chi connectivity index (χ2v) is 7.17. The Balaban J connectivity index is 2.24. The van der Waals surface area contributed by atoms with E-state index in [1.807, 2.05) is 12.1 Å². The molecule has 1 unspecified atom stereocenters. The Hall–Kier alpha value is -1.75. The first kappa shape index (κ1) is 21.5. The molecule has 2 rings (SSSR count). The van der Waals surface area contributed by atoms with Crippen LogP contribution in [0, 0.1) is 0 Å². The Morgan fingerprint density at radius 1 is 1.00 bits per heavy atom. The van der Waals surface area contributed by atoms with Crippen molar-refractivity contribution in [2.75, 3.05) is 13.7 Å². The molecular formula is C20H20Cl3NO3. The summed E-state index contributed by atoms with van der Waals surface area (Å²) < 4.78 is 5.16. The topological polar surface area (TPSA) is 46.6 Å². The van der Waals surface area contributed by atoms with Crippen molar-refractivity contribution >= 4 is 46.7 Å². The first-order chi connectivity index (χ1) is 12.8. The van der Waals surface area contributed by atoms with Crippen LogP contribution in [0.4, 0.5) is 0 Å². The number of rotatable bonds is 7. The van der Waals surface area contributed by atoms with E-state index in [-0.39, 0.29) is 25.4 Å². The van der Waals surface area contributed by atoms with E-state index in [0.717, 1.165) is 5.56 Å². The lowest BCUT2D eigenvalue weighted by Gasteiger charge is -2.27. The molecule has 0 radical (unpaired) electrons. The number of carbonyl (C=O) groups is 2. The number of hydrogen-bond donors (Lipinski definition) is 0. The van der Waals surface area contributed by atoms with Gasteiger partial charge < -0.3 is 9.64 Å². The molecule has 0 aromatic heterocycles. The van der Waals surface area contributed by atoms with Crippen LogP contribution in [0.5, 0.6) is 0 Å². The molecule has 0 heterocycles. The molecule has 1 atom stereocenters. The van der Waals surface area contributed by atoms with Crippen molar-refractivity contribution in [1.29, 1.82) is 0 Å². The standard InChI is InChI=1S/C20H20Cl3NO3/c1-3-27-20(26)18(11-13-7-4-5-8-15(13)21)24(2)19(25)12-14-16(22)9-6-10-17(14)23/h4-10,18H,3,11-12H2,1-2H3. The summed E-state index contributed by atoms with van der Waals surface area (Å²) in [7, 11) is 1.56. The molecule has 7 heteroatoms. The summed E-state index contributed by atoms with van der Waals surface area (Å²) in [5.74, 6) is -0.784. The van der Waals surface area contributed by atoms with Gasteiger partial charge in [-0.25, -0.2) is 4.79 Å². The van der Waals surface area contributed by atoms with Crippen LogP contribution in [0.2, 0.25) is 15.1 Å². The van der Waals surface area contributed by atoms with Crippen molar-refractivity contribution in [2.24, 2.45) is 0 Å². The molecule has 1 amide bonds.